The third kappa shape index (κ3) is 0.891. The zero-order valence-corrected chi connectivity index (χ0v) is 7.42. The molecule has 0 aromatic carbocycles. The van der Waals surface area contributed by atoms with E-state index in [9.17, 15) is 4.79 Å². The van der Waals surface area contributed by atoms with Crippen molar-refractivity contribution in [3.63, 3.8) is 0 Å². The number of Topliss-reactive ketones (excluding diaryl/α,β-unsaturated/α-hetero) is 1. The number of rotatable bonds is 0. The molecule has 1 aliphatic rings. The fourth-order valence-corrected chi connectivity index (χ4v) is 1.74. The molecule has 3 nitrogen and oxygen atoms in total. The summed E-state index contributed by atoms with van der Waals surface area (Å²) in [5.74, 6) is 1.19. The first kappa shape index (κ1) is 7.53. The van der Waals surface area contributed by atoms with E-state index >= 15 is 0 Å². The van der Waals surface area contributed by atoms with Gasteiger partial charge in [0.05, 0.1) is 5.69 Å². The molecule has 0 saturated heterocycles. The molecule has 0 saturated carbocycles. The summed E-state index contributed by atoms with van der Waals surface area (Å²) < 4.78 is 1.90. The second-order valence-electron chi connectivity index (χ2n) is 3.29. The normalized spacial score (nSPS) is 16.3. The number of nitrogens with zero attached hydrogens (tertiary/aromatic N) is 2. The summed E-state index contributed by atoms with van der Waals surface area (Å²) in [5, 5.41) is 0. The van der Waals surface area contributed by atoms with E-state index in [0.717, 1.165) is 30.1 Å². The number of carbonyl (C=O) groups is 1. The van der Waals surface area contributed by atoms with Crippen molar-refractivity contribution in [1.29, 1.82) is 0 Å². The molecule has 0 aliphatic heterocycles. The number of carbonyl (C=O) groups excluding carboxylic acids is 1. The Kier molecular flexibility index (Phi) is 1.53. The summed E-state index contributed by atoms with van der Waals surface area (Å²) in [7, 11) is 1.91. The minimum Gasteiger partial charge on any atom is -0.329 e. The summed E-state index contributed by atoms with van der Waals surface area (Å²) in [6.45, 7) is 1.94. The van der Waals surface area contributed by atoms with E-state index in [1.165, 1.54) is 0 Å². The standard InChI is InChI=1S/C9H12N2O/c1-6-10-7-4-3-5-8(12)9(7)11(6)2/h3-5H2,1-2H3. The van der Waals surface area contributed by atoms with Crippen molar-refractivity contribution >= 4 is 5.78 Å². The lowest BCUT2D eigenvalue weighted by atomic mass is 10.00. The molecule has 0 radical (unpaired) electrons. The molecular weight excluding hydrogens is 152 g/mol. The van der Waals surface area contributed by atoms with E-state index in [1.807, 2.05) is 18.5 Å². The average molecular weight is 164 g/mol. The van der Waals surface area contributed by atoms with E-state index in [2.05, 4.69) is 4.98 Å². The first-order valence-electron chi connectivity index (χ1n) is 4.25. The van der Waals surface area contributed by atoms with Crippen LogP contribution in [-0.4, -0.2) is 15.3 Å². The van der Waals surface area contributed by atoms with Crippen molar-refractivity contribution in [1.82, 2.24) is 9.55 Å². The largest absolute Gasteiger partial charge is 0.329 e. The highest BCUT2D eigenvalue weighted by Gasteiger charge is 2.22. The van der Waals surface area contributed by atoms with Crippen molar-refractivity contribution in [2.75, 3.05) is 0 Å². The molecule has 3 heteroatoms. The number of ketones is 1. The van der Waals surface area contributed by atoms with Crippen molar-refractivity contribution in [2.45, 2.75) is 26.2 Å². The predicted molar refractivity (Wildman–Crippen MR) is 45.2 cm³/mol. The maximum Gasteiger partial charge on any atom is 0.181 e. The van der Waals surface area contributed by atoms with Crippen LogP contribution in [0.3, 0.4) is 0 Å². The molecule has 1 heterocycles. The first-order chi connectivity index (χ1) is 5.70. The molecule has 0 bridgehead atoms. The van der Waals surface area contributed by atoms with Gasteiger partial charge in [0.15, 0.2) is 5.78 Å². The molecular formula is C9H12N2O. The van der Waals surface area contributed by atoms with Crippen LogP contribution in [0, 0.1) is 6.92 Å². The minimum atomic E-state index is 0.249. The topological polar surface area (TPSA) is 34.9 Å². The van der Waals surface area contributed by atoms with Gasteiger partial charge in [-0.25, -0.2) is 4.98 Å². The Bertz CT molecular complexity index is 339. The van der Waals surface area contributed by atoms with Crippen molar-refractivity contribution in [2.24, 2.45) is 7.05 Å². The zero-order chi connectivity index (χ0) is 8.72. The fraction of sp³-hybridized carbons (Fsp3) is 0.556. The SMILES string of the molecule is Cc1nc2c(n1C)C(=O)CCC2. The van der Waals surface area contributed by atoms with Crippen molar-refractivity contribution < 1.29 is 4.79 Å². The molecule has 0 atom stereocenters. The number of fused-ring (bicyclic) bond motifs is 1. The Morgan fingerprint density at radius 1 is 1.42 bits per heavy atom. The Hall–Kier alpha value is -1.12. The quantitative estimate of drug-likeness (QED) is 0.578. The van der Waals surface area contributed by atoms with E-state index in [-0.39, 0.29) is 5.78 Å². The highest BCUT2D eigenvalue weighted by Crippen LogP contribution is 2.20. The molecule has 0 amide bonds. The highest BCUT2D eigenvalue weighted by atomic mass is 16.1. The van der Waals surface area contributed by atoms with Gasteiger partial charge in [0.2, 0.25) is 0 Å². The summed E-state index contributed by atoms with van der Waals surface area (Å²) in [4.78, 5) is 15.8. The summed E-state index contributed by atoms with van der Waals surface area (Å²) in [6, 6.07) is 0. The lowest BCUT2D eigenvalue weighted by Gasteiger charge is -2.09. The molecule has 1 aromatic heterocycles. The number of aromatic nitrogens is 2. The second-order valence-corrected chi connectivity index (χ2v) is 3.29. The number of imidazole rings is 1. The van der Waals surface area contributed by atoms with Crippen LogP contribution in [-0.2, 0) is 13.5 Å². The Morgan fingerprint density at radius 2 is 2.17 bits per heavy atom. The van der Waals surface area contributed by atoms with Crippen LogP contribution in [0.15, 0.2) is 0 Å². The third-order valence-electron chi connectivity index (χ3n) is 2.47. The number of hydrogen-bond donors (Lipinski definition) is 0. The van der Waals surface area contributed by atoms with E-state index in [4.69, 9.17) is 0 Å². The molecule has 0 unspecified atom stereocenters. The van der Waals surface area contributed by atoms with Gasteiger partial charge < -0.3 is 4.57 Å². The van der Waals surface area contributed by atoms with Crippen molar-refractivity contribution in [3.05, 3.63) is 17.2 Å². The molecule has 2 rings (SSSR count). The van der Waals surface area contributed by atoms with Crippen LogP contribution >= 0.6 is 0 Å². The van der Waals surface area contributed by atoms with Crippen molar-refractivity contribution in [3.8, 4) is 0 Å². The molecule has 1 aromatic rings. The molecule has 0 N–H and O–H groups in total. The third-order valence-corrected chi connectivity index (χ3v) is 2.47. The smallest absolute Gasteiger partial charge is 0.181 e. The molecule has 0 fully saturated rings. The average Bonchev–Trinajstić information content (AvgIpc) is 2.29. The maximum atomic E-state index is 11.5. The van der Waals surface area contributed by atoms with Crippen LogP contribution in [0.5, 0.6) is 0 Å². The molecule has 12 heavy (non-hydrogen) atoms. The fourth-order valence-electron chi connectivity index (χ4n) is 1.74. The lowest BCUT2D eigenvalue weighted by molar-refractivity contribution is 0.0964. The van der Waals surface area contributed by atoms with Crippen LogP contribution in [0.2, 0.25) is 0 Å². The van der Waals surface area contributed by atoms with Gasteiger partial charge in [0.25, 0.3) is 0 Å². The Morgan fingerprint density at radius 3 is 2.83 bits per heavy atom. The number of hydrogen-bond acceptors (Lipinski definition) is 2. The lowest BCUT2D eigenvalue weighted by Crippen LogP contribution is -2.13. The first-order valence-corrected chi connectivity index (χ1v) is 4.25. The number of aryl methyl sites for hydroxylation is 2. The van der Waals surface area contributed by atoms with Gasteiger partial charge in [0, 0.05) is 13.5 Å². The van der Waals surface area contributed by atoms with Crippen LogP contribution in [0.25, 0.3) is 0 Å². The van der Waals surface area contributed by atoms with Crippen LogP contribution in [0.4, 0.5) is 0 Å². The van der Waals surface area contributed by atoms with E-state index < -0.39 is 0 Å². The monoisotopic (exact) mass is 164 g/mol. The van der Waals surface area contributed by atoms with Crippen LogP contribution < -0.4 is 0 Å². The summed E-state index contributed by atoms with van der Waals surface area (Å²) in [6.07, 6.45) is 2.61. The predicted octanol–water partition coefficient (Wildman–Crippen LogP) is 1.25. The Balaban J connectivity index is 2.61. The summed E-state index contributed by atoms with van der Waals surface area (Å²) >= 11 is 0. The van der Waals surface area contributed by atoms with E-state index in [1.54, 1.807) is 0 Å². The Labute approximate surface area is 71.4 Å². The van der Waals surface area contributed by atoms with Gasteiger partial charge >= 0.3 is 0 Å². The maximum absolute atomic E-state index is 11.5. The van der Waals surface area contributed by atoms with Gasteiger partial charge in [-0.2, -0.15) is 0 Å². The van der Waals surface area contributed by atoms with Gasteiger partial charge in [-0.15, -0.1) is 0 Å². The van der Waals surface area contributed by atoms with E-state index in [0.29, 0.717) is 6.42 Å². The molecule has 64 valence electrons. The highest BCUT2D eigenvalue weighted by molar-refractivity contribution is 5.96. The second kappa shape index (κ2) is 2.44. The minimum absolute atomic E-state index is 0.249. The van der Waals surface area contributed by atoms with Gasteiger partial charge in [-0.1, -0.05) is 0 Å². The summed E-state index contributed by atoms with van der Waals surface area (Å²) in [5.41, 5.74) is 1.82. The molecule has 1 aliphatic carbocycles. The zero-order valence-electron chi connectivity index (χ0n) is 7.42. The van der Waals surface area contributed by atoms with Gasteiger partial charge in [0.1, 0.15) is 11.5 Å². The van der Waals surface area contributed by atoms with Crippen LogP contribution in [0.1, 0.15) is 34.8 Å². The van der Waals surface area contributed by atoms with Gasteiger partial charge in [-0.05, 0) is 19.8 Å². The van der Waals surface area contributed by atoms with Gasteiger partial charge in [-0.3, -0.25) is 4.79 Å². The molecule has 0 spiro atoms.